The molecule has 0 radical (unpaired) electrons. The van der Waals surface area contributed by atoms with Crippen molar-refractivity contribution in [2.45, 2.75) is 48.4 Å². The first-order valence-corrected chi connectivity index (χ1v) is 15.6. The van der Waals surface area contributed by atoms with E-state index >= 15 is 0 Å². The average Bonchev–Trinajstić information content (AvgIpc) is 2.74. The molecule has 0 heterocycles. The Morgan fingerprint density at radius 1 is 0.588 bits per heavy atom. The van der Waals surface area contributed by atoms with E-state index < -0.39 is 59.5 Å². The lowest BCUT2D eigenvalue weighted by atomic mass is 9.68. The average molecular weight is 998 g/mol. The van der Waals surface area contributed by atoms with Crippen LogP contribution in [0.15, 0.2) is 24.3 Å². The first kappa shape index (κ1) is 31.4. The summed E-state index contributed by atoms with van der Waals surface area (Å²) < 4.78 is -11.6. The summed E-state index contributed by atoms with van der Waals surface area (Å²) in [5.41, 5.74) is 0. The summed E-state index contributed by atoms with van der Waals surface area (Å²) in [5.74, 6) is -5.93. The smallest absolute Gasteiger partial charge is 0.326 e. The summed E-state index contributed by atoms with van der Waals surface area (Å²) in [5, 5.41) is 40.2. The van der Waals surface area contributed by atoms with Crippen LogP contribution in [0.25, 0.3) is 0 Å². The van der Waals surface area contributed by atoms with Gasteiger partial charge in [0.2, 0.25) is 0 Å². The van der Waals surface area contributed by atoms with E-state index in [2.05, 4.69) is 127 Å². The summed E-state index contributed by atoms with van der Waals surface area (Å²) in [7, 11) is 0. The zero-order valence-electron chi connectivity index (χ0n) is 16.3. The molecule has 8 nitrogen and oxygen atoms in total. The predicted molar refractivity (Wildman–Crippen MR) is 153 cm³/mol. The summed E-state index contributed by atoms with van der Waals surface area (Å²) in [6.07, 6.45) is 5.07. The second kappa shape index (κ2) is 10.1. The molecule has 16 heteroatoms. The van der Waals surface area contributed by atoms with Crippen LogP contribution in [-0.4, -0.2) is 79.9 Å². The first-order valence-electron chi connectivity index (χ1n) is 8.98. The number of rotatable bonds is 7. The van der Waals surface area contributed by atoms with Crippen molar-refractivity contribution in [3.8, 4) is 0 Å². The molecule has 0 aromatic heterocycles. The largest absolute Gasteiger partial charge is 0.480 e. The molecule has 8 unspecified atom stereocenters. The van der Waals surface area contributed by atoms with E-state index in [9.17, 15) is 39.6 Å². The summed E-state index contributed by atoms with van der Waals surface area (Å²) in [6, 6.07) is 0. The molecule has 0 saturated carbocycles. The Hall–Kier alpha value is 1.20. The highest BCUT2D eigenvalue weighted by Crippen LogP contribution is 2.63. The van der Waals surface area contributed by atoms with Gasteiger partial charge in [-0.1, -0.05) is 152 Å². The molecular formula is C18H14Br8O8. The van der Waals surface area contributed by atoms with Crippen molar-refractivity contribution in [1.82, 2.24) is 0 Å². The van der Waals surface area contributed by atoms with E-state index in [1.54, 1.807) is 0 Å². The molecule has 0 amide bonds. The highest BCUT2D eigenvalue weighted by Gasteiger charge is 2.74. The summed E-state index contributed by atoms with van der Waals surface area (Å²) >= 11 is 26.3. The molecule has 8 atom stereocenters. The molecule has 0 fully saturated rings. The number of halogens is 8. The number of carbonyl (C=O) groups is 4. The Morgan fingerprint density at radius 3 is 1.06 bits per heavy atom. The summed E-state index contributed by atoms with van der Waals surface area (Å²) in [4.78, 5) is 47.9. The van der Waals surface area contributed by atoms with Crippen molar-refractivity contribution >= 4 is 151 Å². The normalized spacial score (nSPS) is 46.1. The van der Waals surface area contributed by atoms with Crippen molar-refractivity contribution in [2.75, 3.05) is 0 Å². The molecule has 2 rings (SSSR count). The van der Waals surface area contributed by atoms with E-state index in [0.717, 1.165) is 0 Å². The molecule has 2 aliphatic rings. The van der Waals surface area contributed by atoms with Crippen LogP contribution in [0.4, 0.5) is 0 Å². The third kappa shape index (κ3) is 4.05. The minimum atomic E-state index is -2.17. The lowest BCUT2D eigenvalue weighted by molar-refractivity contribution is -0.149. The monoisotopic (exact) mass is 989 g/mol. The van der Waals surface area contributed by atoms with Gasteiger partial charge in [-0.05, 0) is 12.8 Å². The molecule has 0 aliphatic heterocycles. The van der Waals surface area contributed by atoms with Crippen molar-refractivity contribution in [3.63, 3.8) is 0 Å². The molecule has 4 N–H and O–H groups in total. The summed E-state index contributed by atoms with van der Waals surface area (Å²) in [6.45, 7) is 0. The van der Waals surface area contributed by atoms with Gasteiger partial charge in [-0.15, -0.1) is 0 Å². The molecule has 0 aromatic carbocycles. The quantitative estimate of drug-likeness (QED) is 0.191. The number of carboxylic acid groups (broad SMARTS) is 4. The lowest BCUT2D eigenvalue weighted by Crippen LogP contribution is -2.72. The maximum absolute atomic E-state index is 12.5. The Morgan fingerprint density at radius 2 is 0.853 bits per heavy atom. The third-order valence-corrected chi connectivity index (χ3v) is 20.3. The van der Waals surface area contributed by atoms with Crippen LogP contribution in [0, 0.1) is 0 Å². The fourth-order valence-electron chi connectivity index (χ4n) is 4.04. The van der Waals surface area contributed by atoms with E-state index in [-0.39, 0.29) is 12.8 Å². The SMILES string of the molecule is O=C(O)C1(Br)C=CC(Br)C(Br)(CCC2(Br)C(Br)C=CC(Br)(C(=O)O)C2(Br)C(=O)O)C1(Br)C(=O)O. The number of aliphatic carboxylic acids is 4. The first-order chi connectivity index (χ1) is 15.2. The maximum atomic E-state index is 12.5. The Kier molecular flexibility index (Phi) is 9.30. The van der Waals surface area contributed by atoms with E-state index in [1.165, 1.54) is 24.3 Å². The predicted octanol–water partition coefficient (Wildman–Crippen LogP) is 5.57. The van der Waals surface area contributed by atoms with E-state index in [0.29, 0.717) is 0 Å². The molecular weight excluding hydrogens is 983 g/mol. The van der Waals surface area contributed by atoms with Gasteiger partial charge in [-0.3, -0.25) is 19.2 Å². The molecule has 0 aromatic rings. The Labute approximate surface area is 260 Å². The van der Waals surface area contributed by atoms with Crippen LogP contribution in [-0.2, 0) is 19.2 Å². The number of allylic oxidation sites excluding steroid dienone is 2. The second-order valence-electron chi connectivity index (χ2n) is 7.71. The molecule has 2 aliphatic carbocycles. The second-order valence-corrected chi connectivity index (χ2v) is 17.4. The lowest BCUT2D eigenvalue weighted by Gasteiger charge is -2.54. The molecule has 0 saturated heterocycles. The van der Waals surface area contributed by atoms with Gasteiger partial charge < -0.3 is 20.4 Å². The number of hydrogen-bond acceptors (Lipinski definition) is 4. The van der Waals surface area contributed by atoms with Crippen LogP contribution < -0.4 is 0 Å². The minimum Gasteiger partial charge on any atom is -0.480 e. The molecule has 0 bridgehead atoms. The van der Waals surface area contributed by atoms with Crippen LogP contribution in [0.3, 0.4) is 0 Å². The van der Waals surface area contributed by atoms with Crippen molar-refractivity contribution in [1.29, 1.82) is 0 Å². The van der Waals surface area contributed by atoms with Crippen LogP contribution in [0.5, 0.6) is 0 Å². The standard InChI is InChI=1S/C18H14Br8O8/c19-7-1-3-15(23,9(27)28)17(25,11(31)32)13(7,21)5-6-14(22)8(20)2-4-16(24,10(29)30)18(14,26)12(33)34/h1-4,7-8H,5-6H2,(H,27,28)(H,29,30)(H,31,32)(H,33,34). The van der Waals surface area contributed by atoms with E-state index in [4.69, 9.17) is 0 Å². The zero-order chi connectivity index (χ0) is 26.7. The molecule has 34 heavy (non-hydrogen) atoms. The van der Waals surface area contributed by atoms with Gasteiger partial charge >= 0.3 is 23.9 Å². The van der Waals surface area contributed by atoms with Gasteiger partial charge in [0.25, 0.3) is 0 Å². The van der Waals surface area contributed by atoms with Crippen LogP contribution in [0.2, 0.25) is 0 Å². The van der Waals surface area contributed by atoms with Gasteiger partial charge in [0, 0.05) is 9.65 Å². The fraction of sp³-hybridized carbons (Fsp3) is 0.556. The van der Waals surface area contributed by atoms with Gasteiger partial charge in [0.15, 0.2) is 17.3 Å². The maximum Gasteiger partial charge on any atom is 0.326 e. The van der Waals surface area contributed by atoms with Gasteiger partial charge in [-0.2, -0.15) is 0 Å². The Bertz CT molecular complexity index is 928. The zero-order valence-corrected chi connectivity index (χ0v) is 29.0. The van der Waals surface area contributed by atoms with E-state index in [1.807, 2.05) is 0 Å². The van der Waals surface area contributed by atoms with Crippen LogP contribution in [0.1, 0.15) is 12.8 Å². The van der Waals surface area contributed by atoms with Gasteiger partial charge in [-0.25, -0.2) is 0 Å². The number of alkyl halides is 8. The van der Waals surface area contributed by atoms with Gasteiger partial charge in [0.05, 0.1) is 8.65 Å². The fourth-order valence-corrected chi connectivity index (χ4v) is 11.1. The molecule has 190 valence electrons. The number of carboxylic acids is 4. The molecule has 0 spiro atoms. The third-order valence-electron chi connectivity index (χ3n) is 6.08. The highest BCUT2D eigenvalue weighted by atomic mass is 79.9. The van der Waals surface area contributed by atoms with Crippen molar-refractivity contribution in [2.24, 2.45) is 0 Å². The number of hydrogen-bond donors (Lipinski definition) is 4. The Balaban J connectivity index is 2.70. The van der Waals surface area contributed by atoms with Gasteiger partial charge in [0.1, 0.15) is 0 Å². The topological polar surface area (TPSA) is 149 Å². The van der Waals surface area contributed by atoms with Crippen LogP contribution >= 0.6 is 127 Å². The van der Waals surface area contributed by atoms with Crippen molar-refractivity contribution < 1.29 is 39.6 Å². The minimum absolute atomic E-state index is 0.143. The highest BCUT2D eigenvalue weighted by molar-refractivity contribution is 9.16. The van der Waals surface area contributed by atoms with Crippen molar-refractivity contribution in [3.05, 3.63) is 24.3 Å².